The lowest BCUT2D eigenvalue weighted by molar-refractivity contribution is 0.895. The summed E-state index contributed by atoms with van der Waals surface area (Å²) < 4.78 is 0. The van der Waals surface area contributed by atoms with Crippen molar-refractivity contribution in [1.82, 2.24) is 0 Å². The lowest BCUT2D eigenvalue weighted by Gasteiger charge is -2.15. The van der Waals surface area contributed by atoms with Gasteiger partial charge in [-0.15, -0.1) is 12.4 Å². The Bertz CT molecular complexity index is 249. The van der Waals surface area contributed by atoms with Gasteiger partial charge in [0.15, 0.2) is 0 Å². The minimum Gasteiger partial charge on any atom is -0.382 e. The van der Waals surface area contributed by atoms with Gasteiger partial charge in [0.25, 0.3) is 0 Å². The number of nitrogens with one attached hydrogen (secondary N) is 1. The Balaban J connectivity index is 0.00000144. The van der Waals surface area contributed by atoms with Crippen LogP contribution in [-0.2, 0) is 0 Å². The number of para-hydroxylation sites is 1. The fraction of sp³-hybridized carbons (Fsp3) is 0.455. The summed E-state index contributed by atoms with van der Waals surface area (Å²) in [5, 5.41) is 3.44. The molecule has 1 aromatic rings. The van der Waals surface area contributed by atoms with Crippen LogP contribution >= 0.6 is 12.4 Å². The molecule has 0 bridgehead atoms. The third-order valence-corrected chi connectivity index (χ3v) is 1.91. The van der Waals surface area contributed by atoms with Gasteiger partial charge >= 0.3 is 0 Å². The van der Waals surface area contributed by atoms with E-state index in [1.54, 1.807) is 0 Å². The van der Waals surface area contributed by atoms with E-state index in [9.17, 15) is 0 Å². The van der Waals surface area contributed by atoms with Crippen molar-refractivity contribution in [2.45, 2.75) is 33.7 Å². The highest BCUT2D eigenvalue weighted by Crippen LogP contribution is 2.19. The van der Waals surface area contributed by atoms with Crippen LogP contribution in [0, 0.1) is 13.8 Å². The minimum atomic E-state index is 0. The van der Waals surface area contributed by atoms with E-state index in [0.29, 0.717) is 6.04 Å². The molecule has 0 fully saturated rings. The van der Waals surface area contributed by atoms with Gasteiger partial charge in [0.05, 0.1) is 0 Å². The molecule has 1 nitrogen and oxygen atoms in total. The van der Waals surface area contributed by atoms with Crippen molar-refractivity contribution in [3.8, 4) is 0 Å². The Morgan fingerprint density at radius 2 is 1.54 bits per heavy atom. The van der Waals surface area contributed by atoms with E-state index in [4.69, 9.17) is 0 Å². The highest BCUT2D eigenvalue weighted by Gasteiger charge is 2.01. The summed E-state index contributed by atoms with van der Waals surface area (Å²) >= 11 is 0. The zero-order valence-electron chi connectivity index (χ0n) is 8.72. The quantitative estimate of drug-likeness (QED) is 0.769. The Morgan fingerprint density at radius 1 is 1.08 bits per heavy atom. The summed E-state index contributed by atoms with van der Waals surface area (Å²) in [6.45, 7) is 8.59. The molecule has 1 aromatic carbocycles. The summed E-state index contributed by atoms with van der Waals surface area (Å²) in [7, 11) is 0. The normalized spacial score (nSPS) is 9.62. The molecule has 0 aromatic heterocycles. The number of benzene rings is 1. The smallest absolute Gasteiger partial charge is 0.0401 e. The molecule has 1 N–H and O–H groups in total. The van der Waals surface area contributed by atoms with Gasteiger partial charge in [-0.25, -0.2) is 0 Å². The average molecular weight is 200 g/mol. The van der Waals surface area contributed by atoms with Gasteiger partial charge in [-0.1, -0.05) is 18.2 Å². The molecule has 1 rings (SSSR count). The number of hydrogen-bond donors (Lipinski definition) is 1. The Morgan fingerprint density at radius 3 is 1.92 bits per heavy atom. The molecule has 0 spiro atoms. The van der Waals surface area contributed by atoms with E-state index in [1.807, 2.05) is 0 Å². The van der Waals surface area contributed by atoms with Gasteiger partial charge in [0.2, 0.25) is 0 Å². The van der Waals surface area contributed by atoms with Crippen LogP contribution in [0.1, 0.15) is 25.0 Å². The first-order chi connectivity index (χ1) is 5.61. The lowest BCUT2D eigenvalue weighted by Crippen LogP contribution is -2.11. The van der Waals surface area contributed by atoms with Gasteiger partial charge in [0, 0.05) is 11.7 Å². The molecule has 0 heterocycles. The maximum atomic E-state index is 3.44. The molecule has 0 amide bonds. The molecular formula is C11H18ClN. The van der Waals surface area contributed by atoms with Crippen LogP contribution in [0.2, 0.25) is 0 Å². The molecule has 2 heteroatoms. The number of halogens is 1. The molecule has 0 aliphatic heterocycles. The van der Waals surface area contributed by atoms with Crippen molar-refractivity contribution in [2.24, 2.45) is 0 Å². The van der Waals surface area contributed by atoms with Gasteiger partial charge in [-0.2, -0.15) is 0 Å². The van der Waals surface area contributed by atoms with E-state index in [-0.39, 0.29) is 12.4 Å². The molecule has 0 atom stereocenters. The topological polar surface area (TPSA) is 12.0 Å². The van der Waals surface area contributed by atoms with Crippen LogP contribution in [-0.4, -0.2) is 6.04 Å². The zero-order valence-corrected chi connectivity index (χ0v) is 9.53. The van der Waals surface area contributed by atoms with Crippen molar-refractivity contribution in [3.05, 3.63) is 29.3 Å². The molecule has 0 aliphatic rings. The fourth-order valence-corrected chi connectivity index (χ4v) is 1.33. The van der Waals surface area contributed by atoms with Gasteiger partial charge in [-0.3, -0.25) is 0 Å². The maximum absolute atomic E-state index is 3.44. The van der Waals surface area contributed by atoms with E-state index >= 15 is 0 Å². The van der Waals surface area contributed by atoms with Crippen molar-refractivity contribution < 1.29 is 0 Å². The van der Waals surface area contributed by atoms with E-state index < -0.39 is 0 Å². The second-order valence-electron chi connectivity index (χ2n) is 3.57. The van der Waals surface area contributed by atoms with Crippen molar-refractivity contribution in [3.63, 3.8) is 0 Å². The summed E-state index contributed by atoms with van der Waals surface area (Å²) in [5.41, 5.74) is 3.93. The van der Waals surface area contributed by atoms with Crippen molar-refractivity contribution in [2.75, 3.05) is 5.32 Å². The molecule has 0 unspecified atom stereocenters. The summed E-state index contributed by atoms with van der Waals surface area (Å²) in [5.74, 6) is 0. The Kier molecular flexibility index (Phi) is 4.86. The Hall–Kier alpha value is -0.690. The van der Waals surface area contributed by atoms with Crippen LogP contribution in [0.3, 0.4) is 0 Å². The molecule has 0 aliphatic carbocycles. The number of aryl methyl sites for hydroxylation is 2. The molecule has 13 heavy (non-hydrogen) atoms. The third-order valence-electron chi connectivity index (χ3n) is 1.91. The van der Waals surface area contributed by atoms with Crippen LogP contribution in [0.4, 0.5) is 5.69 Å². The predicted octanol–water partition coefficient (Wildman–Crippen LogP) is 3.55. The largest absolute Gasteiger partial charge is 0.382 e. The molecule has 0 radical (unpaired) electrons. The highest BCUT2D eigenvalue weighted by molar-refractivity contribution is 5.85. The first-order valence-electron chi connectivity index (χ1n) is 4.44. The van der Waals surface area contributed by atoms with E-state index in [0.717, 1.165) is 0 Å². The highest BCUT2D eigenvalue weighted by atomic mass is 35.5. The summed E-state index contributed by atoms with van der Waals surface area (Å²) in [4.78, 5) is 0. The molecular weight excluding hydrogens is 182 g/mol. The minimum absolute atomic E-state index is 0. The molecule has 74 valence electrons. The molecule has 0 saturated heterocycles. The second kappa shape index (κ2) is 5.13. The summed E-state index contributed by atoms with van der Waals surface area (Å²) in [6.07, 6.45) is 0. The first kappa shape index (κ1) is 12.3. The standard InChI is InChI=1S/C11H17N.ClH/c1-8(2)12-11-9(3)6-5-7-10(11)4;/h5-8,12H,1-4H3;1H. The monoisotopic (exact) mass is 199 g/mol. The predicted molar refractivity (Wildman–Crippen MR) is 61.9 cm³/mol. The number of hydrogen-bond acceptors (Lipinski definition) is 1. The lowest BCUT2D eigenvalue weighted by atomic mass is 10.1. The van der Waals surface area contributed by atoms with Crippen LogP contribution in [0.15, 0.2) is 18.2 Å². The Labute approximate surface area is 87.0 Å². The van der Waals surface area contributed by atoms with Gasteiger partial charge in [-0.05, 0) is 38.8 Å². The van der Waals surface area contributed by atoms with Crippen LogP contribution in [0.25, 0.3) is 0 Å². The number of anilines is 1. The SMILES string of the molecule is Cc1cccc(C)c1NC(C)C.Cl. The van der Waals surface area contributed by atoms with E-state index in [2.05, 4.69) is 51.2 Å². The first-order valence-corrected chi connectivity index (χ1v) is 4.44. The molecule has 0 saturated carbocycles. The van der Waals surface area contributed by atoms with Crippen LogP contribution in [0.5, 0.6) is 0 Å². The number of rotatable bonds is 2. The van der Waals surface area contributed by atoms with E-state index in [1.165, 1.54) is 16.8 Å². The third kappa shape index (κ3) is 3.27. The van der Waals surface area contributed by atoms with Gasteiger partial charge < -0.3 is 5.32 Å². The second-order valence-corrected chi connectivity index (χ2v) is 3.57. The van der Waals surface area contributed by atoms with Gasteiger partial charge in [0.1, 0.15) is 0 Å². The average Bonchev–Trinajstić information content (AvgIpc) is 1.97. The summed E-state index contributed by atoms with van der Waals surface area (Å²) in [6, 6.07) is 6.87. The van der Waals surface area contributed by atoms with Crippen LogP contribution < -0.4 is 5.32 Å². The maximum Gasteiger partial charge on any atom is 0.0401 e. The van der Waals surface area contributed by atoms with Crippen molar-refractivity contribution in [1.29, 1.82) is 0 Å². The fourth-order valence-electron chi connectivity index (χ4n) is 1.33. The zero-order chi connectivity index (χ0) is 9.14. The van der Waals surface area contributed by atoms with Crippen molar-refractivity contribution >= 4 is 18.1 Å².